The van der Waals surface area contributed by atoms with E-state index in [2.05, 4.69) is 142 Å². The monoisotopic (exact) mass is 1930 g/mol. The number of aliphatic hydroxyl groups excluding tert-OH is 2. The average molecular weight is 1940 g/mol. The second kappa shape index (κ2) is 46.4. The smallest absolute Gasteiger partial charge is 0.311 e. The zero-order valence-electron chi connectivity index (χ0n) is 85.1. The van der Waals surface area contributed by atoms with Crippen molar-refractivity contribution in [2.75, 3.05) is 39.9 Å². The third-order valence-electron chi connectivity index (χ3n) is 30.2. The summed E-state index contributed by atoms with van der Waals surface area (Å²) in [5.74, 6) is -5.15. The van der Waals surface area contributed by atoms with Gasteiger partial charge in [-0.3, -0.25) is 28.7 Å². The number of hydrogen-bond donors (Lipinski definition) is 4. The highest BCUT2D eigenvalue weighted by molar-refractivity contribution is 9.10. The maximum absolute atomic E-state index is 14.7. The lowest BCUT2D eigenvalue weighted by Crippen LogP contribution is -2.59. The Kier molecular flexibility index (Phi) is 39.6. The van der Waals surface area contributed by atoms with Crippen molar-refractivity contribution < 1.29 is 96.0 Å². The highest BCUT2D eigenvalue weighted by Gasteiger charge is 2.57. The van der Waals surface area contributed by atoms with Crippen molar-refractivity contribution in [3.05, 3.63) is 102 Å². The minimum Gasteiger partial charge on any atom is -0.459 e. The second-order valence-electron chi connectivity index (χ2n) is 43.1. The third kappa shape index (κ3) is 28.6. The average Bonchev–Trinajstić information content (AvgIpc) is 0.766. The molecule has 8 heterocycles. The number of fused-ring (bicyclic) bond motifs is 2. The van der Waals surface area contributed by atoms with Crippen LogP contribution in [0.3, 0.4) is 0 Å². The summed E-state index contributed by atoms with van der Waals surface area (Å²) in [5, 5.41) is 50.5. The summed E-state index contributed by atoms with van der Waals surface area (Å²) in [6.45, 7) is 66.6. The highest BCUT2D eigenvalue weighted by Crippen LogP contribution is 2.51. The number of hydrogen-bond acceptors (Lipinski definition) is 22. The lowest BCUT2D eigenvalue weighted by atomic mass is 9.72. The molecule has 6 saturated heterocycles. The summed E-state index contributed by atoms with van der Waals surface area (Å²) in [5.41, 5.74) is -2.45. The van der Waals surface area contributed by atoms with E-state index in [-0.39, 0.29) is 85.0 Å². The fourth-order valence-electron chi connectivity index (χ4n) is 21.0. The lowest BCUT2D eigenvalue weighted by molar-refractivity contribution is -0.304. The molecule has 24 nitrogen and oxygen atoms in total. The van der Waals surface area contributed by atoms with E-state index >= 15 is 0 Å². The highest BCUT2D eigenvalue weighted by atomic mass is 79.9. The fourth-order valence-corrected chi connectivity index (χ4v) is 23.2. The van der Waals surface area contributed by atoms with E-state index in [4.69, 9.17) is 66.4 Å². The van der Waals surface area contributed by atoms with Crippen LogP contribution in [0.1, 0.15) is 251 Å². The molecule has 6 fully saturated rings. The molecular formula is C104H167BrN4O20P2. The number of carbonyl (C=O) groups excluding carboxylic acids is 2. The van der Waals surface area contributed by atoms with Gasteiger partial charge in [-0.05, 0) is 200 Å². The number of nitrogens with zero attached hydrogens (tertiary/aromatic N) is 4. The number of ether oxygens (including phenoxy) is 12. The van der Waals surface area contributed by atoms with Crippen LogP contribution >= 0.6 is 30.5 Å². The molecule has 740 valence electrons. The summed E-state index contributed by atoms with van der Waals surface area (Å²) >= 11 is 3.37. The number of aromatic nitrogens is 2. The van der Waals surface area contributed by atoms with Crippen molar-refractivity contribution >= 4 is 81.8 Å². The maximum Gasteiger partial charge on any atom is 0.311 e. The molecule has 6 aliphatic rings. The Balaban J connectivity index is 0.000000291. The van der Waals surface area contributed by atoms with E-state index in [1.165, 1.54) is 19.2 Å². The first-order valence-corrected chi connectivity index (χ1v) is 54.3. The van der Waals surface area contributed by atoms with Gasteiger partial charge in [-0.1, -0.05) is 179 Å². The molecule has 34 atom stereocenters. The number of aliphatic hydroxyl groups is 4. The minimum atomic E-state index is -3.09. The molecule has 6 aliphatic heterocycles. The minimum absolute atomic E-state index is 0.0194. The number of pyridine rings is 2. The van der Waals surface area contributed by atoms with Crippen molar-refractivity contribution in [2.45, 2.75) is 366 Å². The Morgan fingerprint density at radius 3 is 1.26 bits per heavy atom. The molecule has 27 heteroatoms. The number of halogens is 1. The molecule has 2 aromatic carbocycles. The molecule has 0 radical (unpaired) electrons. The van der Waals surface area contributed by atoms with Crippen molar-refractivity contribution in [3.63, 3.8) is 0 Å². The van der Waals surface area contributed by atoms with E-state index in [1.807, 2.05) is 122 Å². The Morgan fingerprint density at radius 2 is 0.885 bits per heavy atom. The molecule has 4 aromatic rings. The molecule has 2 aromatic heterocycles. The molecule has 0 aliphatic carbocycles. The van der Waals surface area contributed by atoms with Crippen LogP contribution in [0.4, 0.5) is 0 Å². The lowest BCUT2D eigenvalue weighted by Gasteiger charge is -2.50. The summed E-state index contributed by atoms with van der Waals surface area (Å²) in [6, 6.07) is 20.2. The molecule has 0 saturated carbocycles. The van der Waals surface area contributed by atoms with Gasteiger partial charge in [-0.2, -0.15) is 0 Å². The zero-order chi connectivity index (χ0) is 98.1. The number of benzene rings is 2. The Labute approximate surface area is 793 Å². The van der Waals surface area contributed by atoms with Gasteiger partial charge in [0, 0.05) is 114 Å². The van der Waals surface area contributed by atoms with Gasteiger partial charge >= 0.3 is 11.9 Å². The van der Waals surface area contributed by atoms with Crippen LogP contribution in [0, 0.1) is 93.7 Å². The molecule has 0 bridgehead atoms. The van der Waals surface area contributed by atoms with Crippen LogP contribution < -0.4 is 0 Å². The van der Waals surface area contributed by atoms with Crippen LogP contribution in [-0.4, -0.2) is 214 Å². The van der Waals surface area contributed by atoms with Crippen molar-refractivity contribution in [2.24, 2.45) is 103 Å². The first-order valence-electron chi connectivity index (χ1n) is 48.4. The predicted molar refractivity (Wildman–Crippen MR) is 527 cm³/mol. The van der Waals surface area contributed by atoms with E-state index in [0.717, 1.165) is 39.3 Å². The van der Waals surface area contributed by atoms with Gasteiger partial charge in [-0.25, -0.2) is 9.53 Å². The zero-order valence-corrected chi connectivity index (χ0v) is 88.5. The normalized spacial score (nSPS) is 40.6. The van der Waals surface area contributed by atoms with Gasteiger partial charge in [0.25, 0.3) is 0 Å². The third-order valence-corrected chi connectivity index (χ3v) is 32.1. The van der Waals surface area contributed by atoms with Crippen molar-refractivity contribution in [1.29, 1.82) is 0 Å². The molecule has 0 spiro atoms. The van der Waals surface area contributed by atoms with Crippen LogP contribution in [0.15, 0.2) is 106 Å². The molecular weight excluding hydrogens is 1770 g/mol. The van der Waals surface area contributed by atoms with E-state index in [0.29, 0.717) is 48.9 Å². The molecule has 4 N–H and O–H groups in total. The van der Waals surface area contributed by atoms with Gasteiger partial charge in [0.2, 0.25) is 0 Å². The van der Waals surface area contributed by atoms with E-state index < -0.39 is 170 Å². The fraction of sp³-hybridized carbons (Fsp3) is 0.750. The number of esters is 2. The van der Waals surface area contributed by atoms with Gasteiger partial charge in [-0.15, -0.1) is 6.58 Å². The second-order valence-corrected chi connectivity index (χ2v) is 49.6. The standard InChI is InChI=1S/C52H83N2O10P.C43H78NO10P.C9H6BrN/c1-17-42-52(14,57)46(55)34(6)44(54-65(15,16)58)31(3)27-51(13,59-24-20-21-39-26-40-22-18-19-23-41(40)53-29-39)47(64-49-33(5)30(2)25-32(4)60-49)35(7)45(36(8)48(56)62-42)63-43-28-50(11,12)37(9)38(10)61-43;1-18-20-49-42(14)22-25(4)35(44-55(16,17)48)28(7)37(45)43(15,47)33(19-2)52-39(46)30(9)36(53-34-23-41(12,13)31(10)32(11)51-34)29(8)38(42)54-40-27(6)24(3)21-26(5)50-40;10-8-5-7-3-1-2-4-9(7)11-6-8/h18-23,26,29-38,42-43,45-47,49,55,57H,17,24-25,27-28H2,1-16H3;18,24-34,36-38,40,45,47H,1,19-23H2,2-17H3;1-6H/b21-20+,54-44?;;/t30-,31+,32+,33+,34-,35-,36+,37-,38-,42+,43-,45-,46+,47+,49-,51-,52+;24-,25+,26+,27+,28-,29-,30+,31-,32-,33+,34-,36-,37+,38+,40-,42-,43+;/m00./s1. The molecule has 10 rings (SSSR count). The Hall–Kier alpha value is -4.60. The van der Waals surface area contributed by atoms with Crippen LogP contribution in [0.5, 0.6) is 0 Å². The number of cyclic esters (lactones) is 2. The number of carbonyl (C=O) groups is 2. The summed E-state index contributed by atoms with van der Waals surface area (Å²) in [4.78, 5) is 38.0. The Bertz CT molecular complexity index is 4570. The maximum atomic E-state index is 14.7. The van der Waals surface area contributed by atoms with Gasteiger partial charge < -0.3 is 77.3 Å². The van der Waals surface area contributed by atoms with Gasteiger partial charge in [0.05, 0.1) is 108 Å². The molecule has 131 heavy (non-hydrogen) atoms. The van der Waals surface area contributed by atoms with E-state index in [1.54, 1.807) is 67.4 Å². The van der Waals surface area contributed by atoms with Crippen LogP contribution in [-0.2, 0) is 75.6 Å². The summed E-state index contributed by atoms with van der Waals surface area (Å²) < 4.78 is 119. The largest absolute Gasteiger partial charge is 0.459 e. The SMILES string of the molecule is Brc1cnc2ccccc2c1.C=CCO[C@@]1(C)C[C@@H](C)C(=NP(C)(C)=O)[C@H](C)[C@@H](O)[C@](C)(O)[C@@H](CC)OC(=O)[C@H](C)[C@@H](O[C@H]2CC(C)(C)[C@@H](C)[C@H](C)O2)[C@H](C)[C@H]1O[C@@H]1O[C@H](C)C[C@H](C)[C@H]1C.CC[C@H]1OC(=O)[C@H](C)[C@@H](O[C@H]2CC(C)(C)[C@@H](C)[C@H](C)O2)[C@H](C)[C@@H](O[C@@H]2O[C@H](C)C[C@H](C)[C@H]2C)[C@@](C)(OC/C=C/c2cnc3ccccc3c2)C[C@@H](C)C(=NP(C)(C)=O)[C@H](C)[C@@H](O)[C@]1(C)O. The first-order chi connectivity index (χ1) is 60.7. The number of rotatable bonds is 19. The Morgan fingerprint density at radius 1 is 0.511 bits per heavy atom. The van der Waals surface area contributed by atoms with Crippen molar-refractivity contribution in [3.8, 4) is 0 Å². The first kappa shape index (κ1) is 112. The summed E-state index contributed by atoms with van der Waals surface area (Å²) in [6.07, 6.45) is 2.42. The number of para-hydroxylation sites is 2. The van der Waals surface area contributed by atoms with Crippen LogP contribution in [0.25, 0.3) is 27.9 Å². The van der Waals surface area contributed by atoms with Gasteiger partial charge in [0.15, 0.2) is 39.7 Å². The van der Waals surface area contributed by atoms with E-state index in [9.17, 15) is 39.1 Å². The molecule has 0 amide bonds. The van der Waals surface area contributed by atoms with Crippen LogP contribution in [0.2, 0.25) is 0 Å². The summed E-state index contributed by atoms with van der Waals surface area (Å²) in [7, 11) is -6.13. The molecule has 0 unspecified atom stereocenters. The van der Waals surface area contributed by atoms with Gasteiger partial charge in [0.1, 0.15) is 23.4 Å². The topological polar surface area (TPSA) is 310 Å². The van der Waals surface area contributed by atoms with Crippen molar-refractivity contribution in [1.82, 2.24) is 9.97 Å². The quantitative estimate of drug-likeness (QED) is 0.0385. The predicted octanol–water partition coefficient (Wildman–Crippen LogP) is 21.6.